The van der Waals surface area contributed by atoms with Crippen molar-refractivity contribution in [3.63, 3.8) is 0 Å². The standard InChI is InChI=1S/C21H26N2O6S/c1-15(2)11-12-22(14-17-6-9-19(10-7-17)29-30(4,27)28)21(24)18-8-5-16(3)20(13-18)23(25)26/h5-10,13,15H,11-12,14H2,1-4H3. The molecule has 0 aromatic heterocycles. The van der Waals surface area contributed by atoms with Gasteiger partial charge in [-0.2, -0.15) is 8.42 Å². The molecule has 2 aromatic carbocycles. The maximum atomic E-state index is 13.1. The van der Waals surface area contributed by atoms with Crippen LogP contribution in [0.2, 0.25) is 0 Å². The molecule has 0 unspecified atom stereocenters. The third kappa shape index (κ3) is 6.84. The fraction of sp³-hybridized carbons (Fsp3) is 0.381. The highest BCUT2D eigenvalue weighted by Gasteiger charge is 2.20. The summed E-state index contributed by atoms with van der Waals surface area (Å²) in [5.74, 6) is 0.267. The number of nitrogens with zero attached hydrogens (tertiary/aromatic N) is 2. The highest BCUT2D eigenvalue weighted by atomic mass is 32.2. The van der Waals surface area contributed by atoms with E-state index in [1.807, 2.05) is 0 Å². The number of aryl methyl sites for hydroxylation is 1. The van der Waals surface area contributed by atoms with Crippen molar-refractivity contribution in [1.82, 2.24) is 4.90 Å². The molecule has 0 saturated carbocycles. The van der Waals surface area contributed by atoms with Crippen LogP contribution < -0.4 is 4.18 Å². The Morgan fingerprint density at radius 3 is 2.33 bits per heavy atom. The first-order chi connectivity index (χ1) is 14.0. The summed E-state index contributed by atoms with van der Waals surface area (Å²) in [6.45, 7) is 6.50. The molecule has 0 saturated heterocycles. The minimum atomic E-state index is -3.61. The third-order valence-corrected chi connectivity index (χ3v) is 4.96. The second kappa shape index (κ2) is 9.71. The van der Waals surface area contributed by atoms with Crippen LogP contribution in [0.15, 0.2) is 42.5 Å². The zero-order chi connectivity index (χ0) is 22.5. The molecule has 0 bridgehead atoms. The molecular formula is C21H26N2O6S. The second-order valence-corrected chi connectivity index (χ2v) is 9.17. The van der Waals surface area contributed by atoms with Crippen molar-refractivity contribution in [2.45, 2.75) is 33.7 Å². The number of carbonyl (C=O) groups excluding carboxylic acids is 1. The monoisotopic (exact) mass is 434 g/mol. The number of carbonyl (C=O) groups is 1. The van der Waals surface area contributed by atoms with E-state index in [-0.39, 0.29) is 29.5 Å². The molecule has 0 atom stereocenters. The van der Waals surface area contributed by atoms with E-state index in [0.717, 1.165) is 18.2 Å². The maximum Gasteiger partial charge on any atom is 0.306 e. The van der Waals surface area contributed by atoms with Gasteiger partial charge in [-0.15, -0.1) is 0 Å². The average molecular weight is 435 g/mol. The van der Waals surface area contributed by atoms with Crippen LogP contribution in [0, 0.1) is 23.0 Å². The molecule has 0 fully saturated rings. The van der Waals surface area contributed by atoms with Crippen LogP contribution in [0.5, 0.6) is 5.75 Å². The molecule has 0 aliphatic rings. The van der Waals surface area contributed by atoms with E-state index in [1.165, 1.54) is 18.2 Å². The van der Waals surface area contributed by atoms with Gasteiger partial charge < -0.3 is 9.08 Å². The molecule has 0 N–H and O–H groups in total. The third-order valence-electron chi connectivity index (χ3n) is 4.46. The zero-order valence-electron chi connectivity index (χ0n) is 17.5. The second-order valence-electron chi connectivity index (χ2n) is 7.60. The minimum absolute atomic E-state index is 0.0908. The van der Waals surface area contributed by atoms with E-state index in [1.54, 1.807) is 36.1 Å². The quantitative estimate of drug-likeness (QED) is 0.336. The number of hydrogen-bond acceptors (Lipinski definition) is 6. The van der Waals surface area contributed by atoms with Crippen molar-refractivity contribution >= 4 is 21.7 Å². The average Bonchev–Trinajstić information content (AvgIpc) is 2.64. The smallest absolute Gasteiger partial charge is 0.306 e. The Hall–Kier alpha value is -2.94. The summed E-state index contributed by atoms with van der Waals surface area (Å²) in [5.41, 5.74) is 1.45. The molecule has 0 heterocycles. The summed E-state index contributed by atoms with van der Waals surface area (Å²) in [7, 11) is -3.61. The molecular weight excluding hydrogens is 408 g/mol. The lowest BCUT2D eigenvalue weighted by Crippen LogP contribution is -2.32. The van der Waals surface area contributed by atoms with Crippen molar-refractivity contribution < 1.29 is 22.3 Å². The Bertz CT molecular complexity index is 1020. The van der Waals surface area contributed by atoms with Crippen LogP contribution >= 0.6 is 0 Å². The van der Waals surface area contributed by atoms with Crippen LogP contribution in [-0.2, 0) is 16.7 Å². The topological polar surface area (TPSA) is 107 Å². The number of nitro benzene ring substituents is 1. The maximum absolute atomic E-state index is 13.1. The first-order valence-corrected chi connectivity index (χ1v) is 11.3. The molecule has 30 heavy (non-hydrogen) atoms. The van der Waals surface area contributed by atoms with Crippen molar-refractivity contribution in [2.75, 3.05) is 12.8 Å². The molecule has 0 aliphatic carbocycles. The lowest BCUT2D eigenvalue weighted by molar-refractivity contribution is -0.385. The molecule has 9 heteroatoms. The largest absolute Gasteiger partial charge is 0.383 e. The van der Waals surface area contributed by atoms with Gasteiger partial charge in [0.1, 0.15) is 5.75 Å². The molecule has 0 aliphatic heterocycles. The molecule has 8 nitrogen and oxygen atoms in total. The molecule has 0 spiro atoms. The number of amides is 1. The van der Waals surface area contributed by atoms with Gasteiger partial charge in [0.15, 0.2) is 0 Å². The predicted octanol–water partition coefficient (Wildman–Crippen LogP) is 3.93. The SMILES string of the molecule is Cc1ccc(C(=O)N(CCC(C)C)Cc2ccc(OS(C)(=O)=O)cc2)cc1[N+](=O)[O-]. The van der Waals surface area contributed by atoms with E-state index in [4.69, 9.17) is 4.18 Å². The van der Waals surface area contributed by atoms with Gasteiger partial charge in [0.05, 0.1) is 11.2 Å². The fourth-order valence-corrected chi connectivity index (χ4v) is 3.29. The van der Waals surface area contributed by atoms with Gasteiger partial charge in [-0.1, -0.05) is 32.0 Å². The molecule has 0 radical (unpaired) electrons. The number of rotatable bonds is 9. The van der Waals surface area contributed by atoms with Gasteiger partial charge in [-0.05, 0) is 43.0 Å². The first kappa shape index (κ1) is 23.3. The summed E-state index contributed by atoms with van der Waals surface area (Å²) >= 11 is 0. The van der Waals surface area contributed by atoms with E-state index in [9.17, 15) is 23.3 Å². The van der Waals surface area contributed by atoms with Crippen molar-refractivity contribution in [3.8, 4) is 5.75 Å². The lowest BCUT2D eigenvalue weighted by atomic mass is 10.1. The van der Waals surface area contributed by atoms with Crippen LogP contribution in [0.25, 0.3) is 0 Å². The zero-order valence-corrected chi connectivity index (χ0v) is 18.3. The summed E-state index contributed by atoms with van der Waals surface area (Å²) in [6.07, 6.45) is 1.74. The minimum Gasteiger partial charge on any atom is -0.383 e. The van der Waals surface area contributed by atoms with Crippen LogP contribution in [0.1, 0.15) is 41.8 Å². The highest BCUT2D eigenvalue weighted by molar-refractivity contribution is 7.86. The van der Waals surface area contributed by atoms with E-state index in [2.05, 4.69) is 13.8 Å². The van der Waals surface area contributed by atoms with Gasteiger partial charge in [0.25, 0.3) is 11.6 Å². The normalized spacial score (nSPS) is 11.4. The van der Waals surface area contributed by atoms with Crippen molar-refractivity contribution in [3.05, 3.63) is 69.3 Å². The summed E-state index contributed by atoms with van der Waals surface area (Å²) in [6, 6.07) is 10.9. The number of hydrogen-bond donors (Lipinski definition) is 0. The first-order valence-electron chi connectivity index (χ1n) is 9.49. The molecule has 1 amide bonds. The van der Waals surface area contributed by atoms with Gasteiger partial charge in [-0.3, -0.25) is 14.9 Å². The predicted molar refractivity (Wildman–Crippen MR) is 114 cm³/mol. The van der Waals surface area contributed by atoms with Gasteiger partial charge in [0.2, 0.25) is 0 Å². The van der Waals surface area contributed by atoms with Crippen LogP contribution in [-0.4, -0.2) is 36.9 Å². The fourth-order valence-electron chi connectivity index (χ4n) is 2.83. The Morgan fingerprint density at radius 2 is 1.80 bits per heavy atom. The molecule has 162 valence electrons. The van der Waals surface area contributed by atoms with Crippen molar-refractivity contribution in [1.29, 1.82) is 0 Å². The lowest BCUT2D eigenvalue weighted by Gasteiger charge is -2.24. The summed E-state index contributed by atoms with van der Waals surface area (Å²) in [5, 5.41) is 11.2. The number of benzene rings is 2. The summed E-state index contributed by atoms with van der Waals surface area (Å²) < 4.78 is 27.3. The van der Waals surface area contributed by atoms with E-state index < -0.39 is 15.0 Å². The van der Waals surface area contributed by atoms with Gasteiger partial charge in [0, 0.05) is 30.3 Å². The highest BCUT2D eigenvalue weighted by Crippen LogP contribution is 2.22. The van der Waals surface area contributed by atoms with E-state index >= 15 is 0 Å². The summed E-state index contributed by atoms with van der Waals surface area (Å²) in [4.78, 5) is 25.5. The number of nitro groups is 1. The van der Waals surface area contributed by atoms with Gasteiger partial charge in [-0.25, -0.2) is 0 Å². The van der Waals surface area contributed by atoms with Crippen LogP contribution in [0.4, 0.5) is 5.69 Å². The van der Waals surface area contributed by atoms with E-state index in [0.29, 0.717) is 18.0 Å². The van der Waals surface area contributed by atoms with Crippen molar-refractivity contribution in [2.24, 2.45) is 5.92 Å². The Labute approximate surface area is 176 Å². The molecule has 2 rings (SSSR count). The van der Waals surface area contributed by atoms with Crippen LogP contribution in [0.3, 0.4) is 0 Å². The Kier molecular flexibility index (Phi) is 7.55. The Morgan fingerprint density at radius 1 is 1.17 bits per heavy atom. The molecule has 2 aromatic rings. The van der Waals surface area contributed by atoms with Gasteiger partial charge >= 0.3 is 10.1 Å². The Balaban J connectivity index is 2.26.